The zero-order chi connectivity index (χ0) is 32.2. The van der Waals surface area contributed by atoms with Crippen molar-refractivity contribution < 1.29 is 14.4 Å². The first-order chi connectivity index (χ1) is 22.3. The summed E-state index contributed by atoms with van der Waals surface area (Å²) in [6.45, 7) is 6.85. The molecule has 4 amide bonds. The number of terminal acetylenes is 1. The molecule has 5 heterocycles. The maximum Gasteiger partial charge on any atom is 0.322 e. The lowest BCUT2D eigenvalue weighted by Crippen LogP contribution is -2.55. The molecule has 246 valence electrons. The Morgan fingerprint density at radius 3 is 2.46 bits per heavy atom. The quantitative estimate of drug-likeness (QED) is 0.308. The molecule has 3 saturated heterocycles. The van der Waals surface area contributed by atoms with Crippen molar-refractivity contribution in [1.82, 2.24) is 24.9 Å². The summed E-state index contributed by atoms with van der Waals surface area (Å²) in [7, 11) is 0. The number of nitrogens with zero attached hydrogens (tertiary/aromatic N) is 4. The first-order valence-corrected chi connectivity index (χ1v) is 17.8. The summed E-state index contributed by atoms with van der Waals surface area (Å²) in [4.78, 5) is 49.1. The minimum Gasteiger partial charge on any atom is -0.397 e. The van der Waals surface area contributed by atoms with Crippen molar-refractivity contribution in [3.05, 3.63) is 44.6 Å². The van der Waals surface area contributed by atoms with Crippen LogP contribution in [0.2, 0.25) is 5.02 Å². The average molecular weight is 666 g/mol. The number of carbonyl (C=O) groups is 3. The van der Waals surface area contributed by atoms with Gasteiger partial charge >= 0.3 is 6.03 Å². The van der Waals surface area contributed by atoms with Gasteiger partial charge in [0, 0.05) is 75.3 Å². The summed E-state index contributed by atoms with van der Waals surface area (Å²) in [5, 5.41) is 10.9. The molecular formula is C34H44ClN7O3S. The Balaban J connectivity index is 1.10. The minimum absolute atomic E-state index is 0.00281. The number of halogens is 1. The highest BCUT2D eigenvalue weighted by molar-refractivity contribution is 7.08. The number of thiophene rings is 1. The van der Waals surface area contributed by atoms with Gasteiger partial charge in [0.1, 0.15) is 0 Å². The number of anilines is 2. The molecule has 46 heavy (non-hydrogen) atoms. The van der Waals surface area contributed by atoms with Crippen molar-refractivity contribution in [2.45, 2.75) is 57.0 Å². The molecule has 0 radical (unpaired) electrons. The third-order valence-corrected chi connectivity index (χ3v) is 11.3. The van der Waals surface area contributed by atoms with E-state index in [-0.39, 0.29) is 30.3 Å². The molecule has 0 saturated carbocycles. The van der Waals surface area contributed by atoms with Crippen LogP contribution in [-0.2, 0) is 22.4 Å². The van der Waals surface area contributed by atoms with Crippen LogP contribution in [0.5, 0.6) is 0 Å². The molecule has 1 aromatic carbocycles. The number of piperidine rings is 2. The normalized spacial score (nSPS) is 20.9. The van der Waals surface area contributed by atoms with E-state index in [0.29, 0.717) is 74.3 Å². The second kappa shape index (κ2) is 14.6. The molecule has 10 nitrogen and oxygen atoms in total. The molecule has 4 N–H and O–H groups in total. The van der Waals surface area contributed by atoms with Crippen LogP contribution >= 0.6 is 22.9 Å². The summed E-state index contributed by atoms with van der Waals surface area (Å²) in [6.07, 6.45) is 10.7. The number of benzene rings is 1. The van der Waals surface area contributed by atoms with Gasteiger partial charge in [-0.3, -0.25) is 14.5 Å². The van der Waals surface area contributed by atoms with Gasteiger partial charge in [0.25, 0.3) is 0 Å². The molecule has 12 heteroatoms. The van der Waals surface area contributed by atoms with Crippen LogP contribution in [0.15, 0.2) is 22.9 Å². The number of nitrogen functional groups attached to an aromatic ring is 1. The van der Waals surface area contributed by atoms with Crippen molar-refractivity contribution in [2.24, 2.45) is 5.92 Å². The molecular weight excluding hydrogens is 622 g/mol. The van der Waals surface area contributed by atoms with Crippen LogP contribution in [0, 0.1) is 18.3 Å². The largest absolute Gasteiger partial charge is 0.397 e. The third-order valence-electron chi connectivity index (χ3n) is 10.2. The molecule has 1 atom stereocenters. The van der Waals surface area contributed by atoms with E-state index in [4.69, 9.17) is 23.8 Å². The fourth-order valence-corrected chi connectivity index (χ4v) is 8.52. The summed E-state index contributed by atoms with van der Waals surface area (Å²) < 4.78 is 0. The SMILES string of the molecule is C#Cc1cc(C[C@@H](CC(=O)N2CCC(N3CCc4cscc4NC3=O)CC2)C(=O)N2CCN(C3CCNCC3)CC2)cc(Cl)c1N. The van der Waals surface area contributed by atoms with Crippen molar-refractivity contribution in [3.63, 3.8) is 0 Å². The smallest absolute Gasteiger partial charge is 0.322 e. The lowest BCUT2D eigenvalue weighted by molar-refractivity contribution is -0.143. The van der Waals surface area contributed by atoms with Crippen molar-refractivity contribution >= 4 is 52.2 Å². The molecule has 0 unspecified atom stereocenters. The second-order valence-electron chi connectivity index (χ2n) is 12.9. The Morgan fingerprint density at radius 1 is 1.00 bits per heavy atom. The minimum atomic E-state index is -0.545. The number of hydrogen-bond acceptors (Lipinski definition) is 7. The number of piperazine rings is 1. The molecule has 0 aliphatic carbocycles. The van der Waals surface area contributed by atoms with E-state index >= 15 is 0 Å². The fraction of sp³-hybridized carbons (Fsp3) is 0.559. The van der Waals surface area contributed by atoms with E-state index in [1.807, 2.05) is 20.1 Å². The molecule has 3 fully saturated rings. The molecule has 2 aromatic rings. The van der Waals surface area contributed by atoms with Gasteiger partial charge in [-0.05, 0) is 80.3 Å². The average Bonchev–Trinajstić information content (AvgIpc) is 3.46. The van der Waals surface area contributed by atoms with Crippen molar-refractivity contribution in [3.8, 4) is 12.3 Å². The van der Waals surface area contributed by atoms with E-state index in [1.54, 1.807) is 23.5 Å². The van der Waals surface area contributed by atoms with Gasteiger partial charge in [-0.15, -0.1) is 17.8 Å². The molecule has 0 bridgehead atoms. The Kier molecular flexibility index (Phi) is 10.4. The van der Waals surface area contributed by atoms with Gasteiger partial charge in [0.2, 0.25) is 11.8 Å². The predicted molar refractivity (Wildman–Crippen MR) is 183 cm³/mol. The molecule has 4 aliphatic rings. The van der Waals surface area contributed by atoms with Crippen molar-refractivity contribution in [1.29, 1.82) is 0 Å². The lowest BCUT2D eigenvalue weighted by atomic mass is 9.92. The first-order valence-electron chi connectivity index (χ1n) is 16.5. The Hall–Kier alpha value is -3.30. The number of nitrogens with one attached hydrogen (secondary N) is 2. The summed E-state index contributed by atoms with van der Waals surface area (Å²) in [5.41, 5.74) is 9.79. The highest BCUT2D eigenvalue weighted by Crippen LogP contribution is 2.30. The summed E-state index contributed by atoms with van der Waals surface area (Å²) >= 11 is 8.01. The highest BCUT2D eigenvalue weighted by atomic mass is 35.5. The molecule has 4 aliphatic heterocycles. The van der Waals surface area contributed by atoms with Crippen LogP contribution in [0.1, 0.15) is 48.8 Å². The van der Waals surface area contributed by atoms with E-state index in [2.05, 4.69) is 26.8 Å². The topological polar surface area (TPSA) is 114 Å². The number of amides is 4. The van der Waals surface area contributed by atoms with E-state index in [9.17, 15) is 14.4 Å². The number of nitrogens with two attached hydrogens (primary N) is 1. The molecule has 1 aromatic heterocycles. The molecule has 0 spiro atoms. The van der Waals surface area contributed by atoms with Crippen LogP contribution in [0.4, 0.5) is 16.2 Å². The lowest BCUT2D eigenvalue weighted by Gasteiger charge is -2.42. The van der Waals surface area contributed by atoms with Crippen LogP contribution < -0.4 is 16.4 Å². The van der Waals surface area contributed by atoms with Gasteiger partial charge in [-0.2, -0.15) is 0 Å². The van der Waals surface area contributed by atoms with Gasteiger partial charge < -0.3 is 31.1 Å². The standard InChI is InChI=1S/C34H44ClN7O3S/c1-2-24-17-23(19-29(35)32(24)36)18-26(33(44)41-15-13-39(14-16-41)27-3-8-37-9-4-27)20-31(43)40-10-6-28(7-11-40)42-12-5-25-21-46-22-30(25)38-34(42)45/h1,17,19,21-22,26-28,37H,3-16,18,20,36H2,(H,38,45)/t26-/m0/s1. The Labute approximate surface area is 280 Å². The van der Waals surface area contributed by atoms with E-state index < -0.39 is 5.92 Å². The second-order valence-corrected chi connectivity index (χ2v) is 14.1. The third kappa shape index (κ3) is 7.31. The first kappa shape index (κ1) is 32.6. The maximum atomic E-state index is 14.1. The van der Waals surface area contributed by atoms with Crippen LogP contribution in [0.25, 0.3) is 0 Å². The number of urea groups is 1. The summed E-state index contributed by atoms with van der Waals surface area (Å²) in [5.74, 6) is 2.01. The van der Waals surface area contributed by atoms with Gasteiger partial charge in [0.05, 0.1) is 22.3 Å². The maximum absolute atomic E-state index is 14.1. The zero-order valence-corrected chi connectivity index (χ0v) is 27.9. The van der Waals surface area contributed by atoms with Gasteiger partial charge in [-0.1, -0.05) is 17.5 Å². The van der Waals surface area contributed by atoms with Crippen molar-refractivity contribution in [2.75, 3.05) is 70.0 Å². The summed E-state index contributed by atoms with van der Waals surface area (Å²) in [6, 6.07) is 4.13. The zero-order valence-electron chi connectivity index (χ0n) is 26.3. The van der Waals surface area contributed by atoms with Crippen LogP contribution in [0.3, 0.4) is 0 Å². The number of hydrogen-bond donors (Lipinski definition) is 3. The van der Waals surface area contributed by atoms with E-state index in [1.165, 1.54) is 5.56 Å². The number of likely N-dealkylation sites (tertiary alicyclic amines) is 1. The Morgan fingerprint density at radius 2 is 1.74 bits per heavy atom. The van der Waals surface area contributed by atoms with Gasteiger partial charge in [0.15, 0.2) is 0 Å². The monoisotopic (exact) mass is 665 g/mol. The molecule has 6 rings (SSSR count). The number of fused-ring (bicyclic) bond motifs is 1. The fourth-order valence-electron chi connectivity index (χ4n) is 7.45. The van der Waals surface area contributed by atoms with Gasteiger partial charge in [-0.25, -0.2) is 4.79 Å². The van der Waals surface area contributed by atoms with E-state index in [0.717, 1.165) is 56.7 Å². The predicted octanol–water partition coefficient (Wildman–Crippen LogP) is 3.49. The number of rotatable bonds is 7. The van der Waals surface area contributed by atoms with Crippen LogP contribution in [-0.4, -0.2) is 108 Å². The Bertz CT molecular complexity index is 1470. The highest BCUT2D eigenvalue weighted by Gasteiger charge is 2.35. The number of carbonyl (C=O) groups excluding carboxylic acids is 3.